The van der Waals surface area contributed by atoms with Gasteiger partial charge in [-0.05, 0) is 30.9 Å². The minimum absolute atomic E-state index is 0.0172. The van der Waals surface area contributed by atoms with Gasteiger partial charge >= 0.3 is 0 Å². The largest absolute Gasteiger partial charge is 0.392 e. The molecule has 0 bridgehead atoms. The van der Waals surface area contributed by atoms with E-state index in [0.29, 0.717) is 19.0 Å². The Morgan fingerprint density at radius 3 is 2.71 bits per heavy atom. The average molecular weight is 352 g/mol. The van der Waals surface area contributed by atoms with Crippen LogP contribution in [0.25, 0.3) is 0 Å². The summed E-state index contributed by atoms with van der Waals surface area (Å²) in [6.07, 6.45) is 2.87. The predicted octanol–water partition coefficient (Wildman–Crippen LogP) is 3.30. The van der Waals surface area contributed by atoms with Crippen LogP contribution in [0.5, 0.6) is 0 Å². The number of benzene rings is 1. The molecule has 0 saturated carbocycles. The summed E-state index contributed by atoms with van der Waals surface area (Å²) >= 11 is 12.1. The van der Waals surface area contributed by atoms with Gasteiger partial charge in [0.05, 0.1) is 11.6 Å². The minimum Gasteiger partial charge on any atom is -0.392 e. The fraction of sp³-hybridized carbons (Fsp3) is 0.571. The Hall–Kier alpha value is -0.330. The Balaban J connectivity index is 2.40. The number of aliphatic hydroxyl groups excluding tert-OH is 1. The highest BCUT2D eigenvalue weighted by molar-refractivity contribution is 7.89. The van der Waals surface area contributed by atoms with Gasteiger partial charge in [0, 0.05) is 23.7 Å². The third kappa shape index (κ3) is 3.37. The van der Waals surface area contributed by atoms with Crippen LogP contribution < -0.4 is 0 Å². The second-order valence-corrected chi connectivity index (χ2v) is 7.97. The van der Waals surface area contributed by atoms with E-state index in [2.05, 4.69) is 6.92 Å². The Morgan fingerprint density at radius 1 is 1.38 bits per heavy atom. The summed E-state index contributed by atoms with van der Waals surface area (Å²) < 4.78 is 27.0. The molecule has 1 fully saturated rings. The summed E-state index contributed by atoms with van der Waals surface area (Å²) in [4.78, 5) is 0.0226. The smallest absolute Gasteiger partial charge is 0.244 e. The first-order chi connectivity index (χ1) is 9.91. The van der Waals surface area contributed by atoms with Gasteiger partial charge in [0.15, 0.2) is 0 Å². The number of sulfonamides is 1. The zero-order chi connectivity index (χ0) is 15.6. The van der Waals surface area contributed by atoms with Crippen molar-refractivity contribution in [1.82, 2.24) is 4.31 Å². The van der Waals surface area contributed by atoms with Gasteiger partial charge in [-0.2, -0.15) is 4.31 Å². The number of hydrogen-bond acceptors (Lipinski definition) is 3. The summed E-state index contributed by atoms with van der Waals surface area (Å²) in [5.74, 6) is 0.386. The number of halogens is 2. The van der Waals surface area contributed by atoms with E-state index in [1.54, 1.807) is 0 Å². The molecule has 1 aromatic rings. The van der Waals surface area contributed by atoms with Crippen LogP contribution in [-0.4, -0.2) is 30.9 Å². The Labute approximate surface area is 135 Å². The molecule has 1 atom stereocenters. The van der Waals surface area contributed by atoms with Crippen molar-refractivity contribution in [2.24, 2.45) is 5.92 Å². The molecule has 1 N–H and O–H groups in total. The molecular formula is C14H19Cl2NO3S. The van der Waals surface area contributed by atoms with E-state index in [0.717, 1.165) is 19.3 Å². The fourth-order valence-corrected chi connectivity index (χ4v) is 5.06. The molecule has 0 aromatic heterocycles. The van der Waals surface area contributed by atoms with Crippen molar-refractivity contribution in [2.75, 3.05) is 13.1 Å². The Bertz CT molecular complexity index is 619. The molecule has 1 heterocycles. The quantitative estimate of drug-likeness (QED) is 0.905. The van der Waals surface area contributed by atoms with Crippen molar-refractivity contribution >= 4 is 33.2 Å². The maximum absolute atomic E-state index is 12.8. The van der Waals surface area contributed by atoms with Crippen molar-refractivity contribution in [1.29, 1.82) is 0 Å². The molecule has 1 aliphatic heterocycles. The van der Waals surface area contributed by atoms with Crippen LogP contribution in [0.15, 0.2) is 17.0 Å². The second-order valence-electron chi connectivity index (χ2n) is 5.28. The number of rotatable bonds is 4. The van der Waals surface area contributed by atoms with Crippen LogP contribution in [0.3, 0.4) is 0 Å². The van der Waals surface area contributed by atoms with Gasteiger partial charge in [-0.1, -0.05) is 36.5 Å². The van der Waals surface area contributed by atoms with E-state index in [9.17, 15) is 13.5 Å². The molecule has 2 rings (SSSR count). The lowest BCUT2D eigenvalue weighted by Crippen LogP contribution is -2.39. The molecule has 0 amide bonds. The van der Waals surface area contributed by atoms with E-state index >= 15 is 0 Å². The normalized spacial score (nSPS) is 20.7. The fourth-order valence-electron chi connectivity index (χ4n) is 2.64. The van der Waals surface area contributed by atoms with Crippen LogP contribution in [0.1, 0.15) is 31.7 Å². The number of hydrogen-bond donors (Lipinski definition) is 1. The summed E-state index contributed by atoms with van der Waals surface area (Å²) in [5.41, 5.74) is 0.253. The average Bonchev–Trinajstić information content (AvgIpc) is 2.47. The second kappa shape index (κ2) is 6.84. The van der Waals surface area contributed by atoms with Crippen LogP contribution >= 0.6 is 23.2 Å². The molecule has 7 heteroatoms. The first-order valence-electron chi connectivity index (χ1n) is 6.99. The van der Waals surface area contributed by atoms with E-state index < -0.39 is 16.6 Å². The Morgan fingerprint density at radius 2 is 2.10 bits per heavy atom. The van der Waals surface area contributed by atoms with Gasteiger partial charge in [-0.3, -0.25) is 0 Å². The van der Waals surface area contributed by atoms with Crippen molar-refractivity contribution in [3.05, 3.63) is 27.7 Å². The standard InChI is InChI=1S/C14H19Cl2NO3S/c1-2-10-4-3-7-17(8-10)21(19,20)13-6-5-12(15)11(9-18)14(13)16/h5-6,10,18H,2-4,7-9H2,1H3. The lowest BCUT2D eigenvalue weighted by atomic mass is 9.97. The maximum atomic E-state index is 12.8. The molecule has 1 saturated heterocycles. The van der Waals surface area contributed by atoms with Crippen molar-refractivity contribution in [2.45, 2.75) is 37.7 Å². The number of aliphatic hydroxyl groups is 1. The van der Waals surface area contributed by atoms with Crippen molar-refractivity contribution < 1.29 is 13.5 Å². The first-order valence-corrected chi connectivity index (χ1v) is 9.19. The van der Waals surface area contributed by atoms with Crippen molar-refractivity contribution in [3.63, 3.8) is 0 Å². The topological polar surface area (TPSA) is 57.6 Å². The molecule has 118 valence electrons. The van der Waals surface area contributed by atoms with E-state index in [-0.39, 0.29) is 20.5 Å². The monoisotopic (exact) mass is 351 g/mol. The molecule has 1 aromatic carbocycles. The minimum atomic E-state index is -3.65. The van der Waals surface area contributed by atoms with E-state index in [1.807, 2.05) is 0 Å². The summed E-state index contributed by atoms with van der Waals surface area (Å²) in [6, 6.07) is 2.88. The van der Waals surface area contributed by atoms with Gasteiger partial charge in [0.2, 0.25) is 10.0 Å². The lowest BCUT2D eigenvalue weighted by Gasteiger charge is -2.31. The Kier molecular flexibility index (Phi) is 5.54. The maximum Gasteiger partial charge on any atom is 0.244 e. The van der Waals surface area contributed by atoms with Gasteiger partial charge in [0.25, 0.3) is 0 Å². The van der Waals surface area contributed by atoms with Crippen LogP contribution in [0.4, 0.5) is 0 Å². The predicted molar refractivity (Wildman–Crippen MR) is 84.2 cm³/mol. The molecular weight excluding hydrogens is 333 g/mol. The zero-order valence-corrected chi connectivity index (χ0v) is 14.2. The van der Waals surface area contributed by atoms with Crippen LogP contribution in [-0.2, 0) is 16.6 Å². The van der Waals surface area contributed by atoms with Gasteiger partial charge in [0.1, 0.15) is 4.90 Å². The molecule has 0 spiro atoms. The first kappa shape index (κ1) is 17.0. The van der Waals surface area contributed by atoms with Crippen LogP contribution in [0, 0.1) is 5.92 Å². The molecule has 1 aliphatic rings. The highest BCUT2D eigenvalue weighted by atomic mass is 35.5. The zero-order valence-electron chi connectivity index (χ0n) is 11.8. The summed E-state index contributed by atoms with van der Waals surface area (Å²) in [5, 5.41) is 9.59. The number of nitrogens with zero attached hydrogens (tertiary/aromatic N) is 1. The van der Waals surface area contributed by atoms with E-state index in [1.165, 1.54) is 16.4 Å². The SMILES string of the molecule is CCC1CCCN(S(=O)(=O)c2ccc(Cl)c(CO)c2Cl)C1. The molecule has 0 radical (unpaired) electrons. The lowest BCUT2D eigenvalue weighted by molar-refractivity contribution is 0.261. The van der Waals surface area contributed by atoms with Gasteiger partial charge in [-0.25, -0.2) is 8.42 Å². The summed E-state index contributed by atoms with van der Waals surface area (Å²) in [6.45, 7) is 2.71. The van der Waals surface area contributed by atoms with E-state index in [4.69, 9.17) is 23.2 Å². The molecule has 1 unspecified atom stereocenters. The third-order valence-corrected chi connectivity index (χ3v) is 6.79. The highest BCUT2D eigenvalue weighted by Crippen LogP contribution is 2.34. The third-order valence-electron chi connectivity index (χ3n) is 3.99. The van der Waals surface area contributed by atoms with Crippen molar-refractivity contribution in [3.8, 4) is 0 Å². The van der Waals surface area contributed by atoms with Crippen LogP contribution in [0.2, 0.25) is 10.0 Å². The van der Waals surface area contributed by atoms with Gasteiger partial charge < -0.3 is 5.11 Å². The molecule has 4 nitrogen and oxygen atoms in total. The van der Waals surface area contributed by atoms with Gasteiger partial charge in [-0.15, -0.1) is 0 Å². The number of piperidine rings is 1. The molecule has 0 aliphatic carbocycles. The highest BCUT2D eigenvalue weighted by Gasteiger charge is 2.32. The summed E-state index contributed by atoms with van der Waals surface area (Å²) in [7, 11) is -3.65. The molecule has 21 heavy (non-hydrogen) atoms.